The third kappa shape index (κ3) is 4.20. The van der Waals surface area contributed by atoms with Gasteiger partial charge in [0.25, 0.3) is 0 Å². The molecule has 20 heavy (non-hydrogen) atoms. The van der Waals surface area contributed by atoms with Crippen LogP contribution < -0.4 is 5.32 Å². The minimum Gasteiger partial charge on any atom is -0.394 e. The van der Waals surface area contributed by atoms with Crippen molar-refractivity contribution in [1.29, 1.82) is 0 Å². The predicted octanol–water partition coefficient (Wildman–Crippen LogP) is 1.51. The third-order valence-corrected chi connectivity index (χ3v) is 3.10. The van der Waals surface area contributed by atoms with Crippen molar-refractivity contribution < 1.29 is 9.90 Å². The Labute approximate surface area is 118 Å². The molecule has 2 N–H and O–H groups in total. The van der Waals surface area contributed by atoms with Gasteiger partial charge < -0.3 is 15.0 Å². The first kappa shape index (κ1) is 14.3. The van der Waals surface area contributed by atoms with Gasteiger partial charge in [0.2, 0.25) is 5.91 Å². The van der Waals surface area contributed by atoms with E-state index in [1.165, 1.54) is 0 Å². The first-order valence-corrected chi connectivity index (χ1v) is 6.70. The normalized spacial score (nSPS) is 12.1. The number of aromatic nitrogens is 2. The standard InChI is InChI=1S/C15H19N3O2/c19-11-14(13-5-2-1-3-6-13)17-15(20)7-4-9-18-10-8-16-12-18/h1-3,5-6,8,10,12,14,19H,4,7,9,11H2,(H,17,20). The van der Waals surface area contributed by atoms with Gasteiger partial charge in [-0.3, -0.25) is 4.79 Å². The number of nitrogens with zero attached hydrogens (tertiary/aromatic N) is 2. The summed E-state index contributed by atoms with van der Waals surface area (Å²) in [6, 6.07) is 9.15. The molecule has 0 aliphatic carbocycles. The van der Waals surface area contributed by atoms with Crippen LogP contribution in [-0.4, -0.2) is 27.2 Å². The van der Waals surface area contributed by atoms with Gasteiger partial charge in [0.15, 0.2) is 0 Å². The zero-order valence-electron chi connectivity index (χ0n) is 11.3. The number of rotatable bonds is 7. The van der Waals surface area contributed by atoms with Crippen molar-refractivity contribution in [2.75, 3.05) is 6.61 Å². The van der Waals surface area contributed by atoms with Crippen molar-refractivity contribution in [3.05, 3.63) is 54.6 Å². The van der Waals surface area contributed by atoms with Crippen LogP contribution in [0.1, 0.15) is 24.4 Å². The molecule has 0 aliphatic heterocycles. The molecule has 0 saturated carbocycles. The summed E-state index contributed by atoms with van der Waals surface area (Å²) in [5, 5.41) is 12.2. The number of hydrogen-bond donors (Lipinski definition) is 2. The Hall–Kier alpha value is -2.14. The highest BCUT2D eigenvalue weighted by Crippen LogP contribution is 2.11. The second-order valence-electron chi connectivity index (χ2n) is 4.62. The molecule has 0 aliphatic rings. The molecule has 106 valence electrons. The van der Waals surface area contributed by atoms with E-state index in [1.54, 1.807) is 12.5 Å². The second kappa shape index (κ2) is 7.45. The van der Waals surface area contributed by atoms with Gasteiger partial charge >= 0.3 is 0 Å². The van der Waals surface area contributed by atoms with Gasteiger partial charge in [-0.15, -0.1) is 0 Å². The smallest absolute Gasteiger partial charge is 0.220 e. The molecular formula is C15H19N3O2. The fraction of sp³-hybridized carbons (Fsp3) is 0.333. The first-order valence-electron chi connectivity index (χ1n) is 6.70. The van der Waals surface area contributed by atoms with Gasteiger partial charge in [-0.05, 0) is 12.0 Å². The molecule has 1 aromatic carbocycles. The second-order valence-corrected chi connectivity index (χ2v) is 4.62. The fourth-order valence-corrected chi connectivity index (χ4v) is 2.03. The van der Waals surface area contributed by atoms with Gasteiger partial charge in [-0.1, -0.05) is 30.3 Å². The maximum atomic E-state index is 11.9. The summed E-state index contributed by atoms with van der Waals surface area (Å²) >= 11 is 0. The highest BCUT2D eigenvalue weighted by Gasteiger charge is 2.12. The number of hydrogen-bond acceptors (Lipinski definition) is 3. The average molecular weight is 273 g/mol. The Morgan fingerprint density at radius 3 is 2.80 bits per heavy atom. The van der Waals surface area contributed by atoms with Crippen molar-refractivity contribution in [3.63, 3.8) is 0 Å². The summed E-state index contributed by atoms with van der Waals surface area (Å²) in [6.07, 6.45) is 6.50. The zero-order valence-corrected chi connectivity index (χ0v) is 11.3. The molecule has 1 atom stereocenters. The van der Waals surface area contributed by atoms with Crippen LogP contribution in [0, 0.1) is 0 Å². The van der Waals surface area contributed by atoms with Crippen LogP contribution in [0.3, 0.4) is 0 Å². The molecule has 0 saturated heterocycles. The zero-order chi connectivity index (χ0) is 14.2. The quantitative estimate of drug-likeness (QED) is 0.803. The molecule has 5 nitrogen and oxygen atoms in total. The van der Waals surface area contributed by atoms with Crippen LogP contribution in [-0.2, 0) is 11.3 Å². The molecule has 0 spiro atoms. The van der Waals surface area contributed by atoms with Crippen molar-refractivity contribution in [3.8, 4) is 0 Å². The van der Waals surface area contributed by atoms with Crippen LogP contribution in [0.4, 0.5) is 0 Å². The molecule has 0 bridgehead atoms. The van der Waals surface area contributed by atoms with Crippen LogP contribution >= 0.6 is 0 Å². The molecule has 0 radical (unpaired) electrons. The molecule has 1 unspecified atom stereocenters. The number of nitrogens with one attached hydrogen (secondary N) is 1. The SMILES string of the molecule is O=C(CCCn1ccnc1)NC(CO)c1ccccc1. The van der Waals surface area contributed by atoms with E-state index in [-0.39, 0.29) is 18.6 Å². The van der Waals surface area contributed by atoms with Gasteiger partial charge in [-0.25, -0.2) is 4.98 Å². The molecule has 2 rings (SSSR count). The Balaban J connectivity index is 1.78. The molecule has 1 aromatic heterocycles. The minimum atomic E-state index is -0.336. The van der Waals surface area contributed by atoms with Gasteiger partial charge in [0.1, 0.15) is 0 Å². The number of aliphatic hydroxyl groups excluding tert-OH is 1. The maximum absolute atomic E-state index is 11.9. The van der Waals surface area contributed by atoms with E-state index in [9.17, 15) is 9.90 Å². The number of carbonyl (C=O) groups is 1. The van der Waals surface area contributed by atoms with E-state index in [0.717, 1.165) is 18.5 Å². The number of carbonyl (C=O) groups excluding carboxylic acids is 1. The first-order chi connectivity index (χ1) is 9.79. The highest BCUT2D eigenvalue weighted by atomic mass is 16.3. The Morgan fingerprint density at radius 1 is 1.35 bits per heavy atom. The van der Waals surface area contributed by atoms with Crippen molar-refractivity contribution in [2.45, 2.75) is 25.4 Å². The maximum Gasteiger partial charge on any atom is 0.220 e. The van der Waals surface area contributed by atoms with Crippen LogP contribution in [0.5, 0.6) is 0 Å². The van der Waals surface area contributed by atoms with Gasteiger partial charge in [-0.2, -0.15) is 0 Å². The topological polar surface area (TPSA) is 67.2 Å². The molecule has 5 heteroatoms. The van der Waals surface area contributed by atoms with E-state index in [4.69, 9.17) is 0 Å². The van der Waals surface area contributed by atoms with Crippen LogP contribution in [0.2, 0.25) is 0 Å². The monoisotopic (exact) mass is 273 g/mol. The summed E-state index contributed by atoms with van der Waals surface area (Å²) in [6.45, 7) is 0.666. The lowest BCUT2D eigenvalue weighted by Gasteiger charge is -2.16. The molecule has 1 amide bonds. The van der Waals surface area contributed by atoms with Crippen molar-refractivity contribution >= 4 is 5.91 Å². The number of imidazole rings is 1. The lowest BCUT2D eigenvalue weighted by atomic mass is 10.1. The van der Waals surface area contributed by atoms with Gasteiger partial charge in [0, 0.05) is 25.4 Å². The van der Waals surface area contributed by atoms with Gasteiger partial charge in [0.05, 0.1) is 19.0 Å². The Morgan fingerprint density at radius 2 is 2.15 bits per heavy atom. The molecular weight excluding hydrogens is 254 g/mol. The van der Waals surface area contributed by atoms with Crippen LogP contribution in [0.25, 0.3) is 0 Å². The summed E-state index contributed by atoms with van der Waals surface area (Å²) < 4.78 is 1.94. The molecule has 2 aromatic rings. The van der Waals surface area contributed by atoms with E-state index in [0.29, 0.717) is 6.42 Å². The lowest BCUT2D eigenvalue weighted by Crippen LogP contribution is -2.30. The lowest BCUT2D eigenvalue weighted by molar-refractivity contribution is -0.122. The minimum absolute atomic E-state index is 0.0481. The Kier molecular flexibility index (Phi) is 5.32. The van der Waals surface area contributed by atoms with Crippen LogP contribution in [0.15, 0.2) is 49.1 Å². The average Bonchev–Trinajstić information content (AvgIpc) is 2.99. The third-order valence-electron chi connectivity index (χ3n) is 3.10. The number of benzene rings is 1. The fourth-order valence-electron chi connectivity index (χ4n) is 2.03. The summed E-state index contributed by atoms with van der Waals surface area (Å²) in [7, 11) is 0. The molecule has 1 heterocycles. The molecule has 0 fully saturated rings. The summed E-state index contributed by atoms with van der Waals surface area (Å²) in [4.78, 5) is 15.8. The van der Waals surface area contributed by atoms with Crippen molar-refractivity contribution in [2.24, 2.45) is 0 Å². The van der Waals surface area contributed by atoms with E-state index in [2.05, 4.69) is 10.3 Å². The number of amides is 1. The van der Waals surface area contributed by atoms with Crippen molar-refractivity contribution in [1.82, 2.24) is 14.9 Å². The van der Waals surface area contributed by atoms with E-state index < -0.39 is 0 Å². The van der Waals surface area contributed by atoms with E-state index in [1.807, 2.05) is 41.1 Å². The largest absolute Gasteiger partial charge is 0.394 e. The number of aliphatic hydroxyl groups is 1. The number of aryl methyl sites for hydroxylation is 1. The predicted molar refractivity (Wildman–Crippen MR) is 75.9 cm³/mol. The summed E-state index contributed by atoms with van der Waals surface area (Å²) in [5.74, 6) is -0.0481. The summed E-state index contributed by atoms with van der Waals surface area (Å²) in [5.41, 5.74) is 0.915. The van der Waals surface area contributed by atoms with E-state index >= 15 is 0 Å². The highest BCUT2D eigenvalue weighted by molar-refractivity contribution is 5.76. The Bertz CT molecular complexity index is 511.